The Morgan fingerprint density at radius 2 is 1.95 bits per heavy atom. The van der Waals surface area contributed by atoms with E-state index in [4.69, 9.17) is 0 Å². The van der Waals surface area contributed by atoms with Gasteiger partial charge >= 0.3 is 0 Å². The smallest absolute Gasteiger partial charge is 0.265 e. The first-order valence-corrected chi connectivity index (χ1v) is 6.72. The minimum atomic E-state index is -0.153. The van der Waals surface area contributed by atoms with Crippen molar-refractivity contribution >= 4 is 28.8 Å². The summed E-state index contributed by atoms with van der Waals surface area (Å²) in [6.07, 6.45) is 0.247. The molecule has 4 nitrogen and oxygen atoms in total. The molecule has 0 saturated carbocycles. The average molecular weight is 274 g/mol. The van der Waals surface area contributed by atoms with E-state index in [-0.39, 0.29) is 18.2 Å². The van der Waals surface area contributed by atoms with Gasteiger partial charge < -0.3 is 10.6 Å². The van der Waals surface area contributed by atoms with Crippen LogP contribution in [0.1, 0.15) is 15.2 Å². The molecule has 0 fully saturated rings. The molecule has 19 heavy (non-hydrogen) atoms. The van der Waals surface area contributed by atoms with Gasteiger partial charge in [0, 0.05) is 12.7 Å². The van der Waals surface area contributed by atoms with E-state index in [0.717, 1.165) is 5.56 Å². The molecule has 0 aliphatic carbocycles. The first-order chi connectivity index (χ1) is 9.20. The van der Waals surface area contributed by atoms with E-state index in [2.05, 4.69) is 10.6 Å². The molecular weight excluding hydrogens is 260 g/mol. The molecule has 0 spiro atoms. The molecule has 0 aliphatic rings. The van der Waals surface area contributed by atoms with Crippen LogP contribution in [0.4, 0.5) is 5.69 Å². The van der Waals surface area contributed by atoms with E-state index in [1.807, 2.05) is 29.6 Å². The van der Waals surface area contributed by atoms with Crippen LogP contribution >= 0.6 is 11.3 Å². The lowest BCUT2D eigenvalue weighted by molar-refractivity contribution is -0.119. The molecule has 5 heteroatoms. The number of hydrogen-bond acceptors (Lipinski definition) is 3. The largest absolute Gasteiger partial charge is 0.359 e. The van der Waals surface area contributed by atoms with Gasteiger partial charge in [0.05, 0.1) is 11.3 Å². The zero-order valence-electron chi connectivity index (χ0n) is 10.5. The predicted molar refractivity (Wildman–Crippen MR) is 76.5 cm³/mol. The Morgan fingerprint density at radius 3 is 2.63 bits per heavy atom. The standard InChI is InChI=1S/C14H14N2O2S/c1-15-13(17)9-10-5-2-3-6-11(10)16-14(18)12-7-4-8-19-12/h2-8H,9H2,1H3,(H,15,17)(H,16,18). The summed E-state index contributed by atoms with van der Waals surface area (Å²) in [7, 11) is 1.59. The van der Waals surface area contributed by atoms with Crippen molar-refractivity contribution in [3.05, 3.63) is 52.2 Å². The summed E-state index contributed by atoms with van der Waals surface area (Å²) >= 11 is 1.38. The fourth-order valence-corrected chi connectivity index (χ4v) is 2.27. The van der Waals surface area contributed by atoms with E-state index in [0.29, 0.717) is 10.6 Å². The lowest BCUT2D eigenvalue weighted by atomic mass is 10.1. The van der Waals surface area contributed by atoms with Gasteiger partial charge in [-0.1, -0.05) is 24.3 Å². The molecule has 1 aromatic carbocycles. The molecule has 0 atom stereocenters. The molecule has 0 bridgehead atoms. The van der Waals surface area contributed by atoms with Crippen molar-refractivity contribution in [1.29, 1.82) is 0 Å². The first kappa shape index (κ1) is 13.3. The highest BCUT2D eigenvalue weighted by Gasteiger charge is 2.11. The summed E-state index contributed by atoms with van der Waals surface area (Å²) in [5, 5.41) is 7.26. The first-order valence-electron chi connectivity index (χ1n) is 5.84. The van der Waals surface area contributed by atoms with Crippen LogP contribution in [-0.2, 0) is 11.2 Å². The number of nitrogens with one attached hydrogen (secondary N) is 2. The fourth-order valence-electron chi connectivity index (χ4n) is 1.65. The molecule has 1 heterocycles. The van der Waals surface area contributed by atoms with Gasteiger partial charge in [-0.2, -0.15) is 0 Å². The van der Waals surface area contributed by atoms with Gasteiger partial charge in [-0.3, -0.25) is 9.59 Å². The SMILES string of the molecule is CNC(=O)Cc1ccccc1NC(=O)c1cccs1. The number of hydrogen-bond donors (Lipinski definition) is 2. The maximum Gasteiger partial charge on any atom is 0.265 e. The molecular formula is C14H14N2O2S. The minimum absolute atomic E-state index is 0.0853. The second-order valence-electron chi connectivity index (χ2n) is 3.94. The zero-order chi connectivity index (χ0) is 13.7. The second-order valence-corrected chi connectivity index (χ2v) is 4.89. The summed E-state index contributed by atoms with van der Waals surface area (Å²) in [6, 6.07) is 10.9. The third-order valence-corrected chi connectivity index (χ3v) is 3.51. The predicted octanol–water partition coefficient (Wildman–Crippen LogP) is 2.29. The van der Waals surface area contributed by atoms with Gasteiger partial charge in [-0.25, -0.2) is 0 Å². The van der Waals surface area contributed by atoms with Crippen molar-refractivity contribution in [1.82, 2.24) is 5.32 Å². The topological polar surface area (TPSA) is 58.2 Å². The third kappa shape index (κ3) is 3.42. The third-order valence-electron chi connectivity index (χ3n) is 2.64. The van der Waals surface area contributed by atoms with Crippen LogP contribution in [0, 0.1) is 0 Å². The van der Waals surface area contributed by atoms with Crippen LogP contribution in [0.3, 0.4) is 0 Å². The number of rotatable bonds is 4. The van der Waals surface area contributed by atoms with Gasteiger partial charge in [0.1, 0.15) is 0 Å². The van der Waals surface area contributed by atoms with Crippen LogP contribution in [0.5, 0.6) is 0 Å². The Hall–Kier alpha value is -2.14. The number of carbonyl (C=O) groups is 2. The highest BCUT2D eigenvalue weighted by Crippen LogP contribution is 2.18. The lowest BCUT2D eigenvalue weighted by Gasteiger charge is -2.09. The van der Waals surface area contributed by atoms with Crippen molar-refractivity contribution in [2.24, 2.45) is 0 Å². The minimum Gasteiger partial charge on any atom is -0.359 e. The van der Waals surface area contributed by atoms with Crippen LogP contribution in [-0.4, -0.2) is 18.9 Å². The molecule has 2 aromatic rings. The van der Waals surface area contributed by atoms with Crippen LogP contribution in [0.15, 0.2) is 41.8 Å². The number of benzene rings is 1. The van der Waals surface area contributed by atoms with E-state index in [9.17, 15) is 9.59 Å². The van der Waals surface area contributed by atoms with Crippen LogP contribution in [0.2, 0.25) is 0 Å². The quantitative estimate of drug-likeness (QED) is 0.898. The summed E-state index contributed by atoms with van der Waals surface area (Å²) < 4.78 is 0. The maximum atomic E-state index is 12.0. The molecule has 0 saturated heterocycles. The molecule has 0 unspecified atom stereocenters. The number of likely N-dealkylation sites (N-methyl/N-ethyl adjacent to an activating group) is 1. The van der Waals surface area contributed by atoms with Gasteiger partial charge in [-0.15, -0.1) is 11.3 Å². The summed E-state index contributed by atoms with van der Waals surface area (Å²) in [5.41, 5.74) is 1.47. The Kier molecular flexibility index (Phi) is 4.30. The van der Waals surface area contributed by atoms with Gasteiger partial charge in [0.2, 0.25) is 5.91 Å². The Labute approximate surface area is 115 Å². The Balaban J connectivity index is 2.16. The van der Waals surface area contributed by atoms with Crippen molar-refractivity contribution in [3.8, 4) is 0 Å². The van der Waals surface area contributed by atoms with Crippen molar-refractivity contribution in [2.75, 3.05) is 12.4 Å². The Bertz CT molecular complexity index is 579. The second kappa shape index (κ2) is 6.15. The Morgan fingerprint density at radius 1 is 1.16 bits per heavy atom. The van der Waals surface area contributed by atoms with E-state index < -0.39 is 0 Å². The van der Waals surface area contributed by atoms with Crippen LogP contribution < -0.4 is 10.6 Å². The van der Waals surface area contributed by atoms with E-state index in [1.165, 1.54) is 11.3 Å². The van der Waals surface area contributed by atoms with E-state index >= 15 is 0 Å². The molecule has 2 N–H and O–H groups in total. The van der Waals surface area contributed by atoms with Gasteiger partial charge in [-0.05, 0) is 23.1 Å². The summed E-state index contributed by atoms with van der Waals surface area (Å²) in [6.45, 7) is 0. The monoisotopic (exact) mass is 274 g/mol. The number of carbonyl (C=O) groups excluding carboxylic acids is 2. The van der Waals surface area contributed by atoms with E-state index in [1.54, 1.807) is 19.2 Å². The van der Waals surface area contributed by atoms with Crippen molar-refractivity contribution < 1.29 is 9.59 Å². The molecule has 98 valence electrons. The molecule has 0 aliphatic heterocycles. The molecule has 2 rings (SSSR count). The van der Waals surface area contributed by atoms with Crippen molar-refractivity contribution in [2.45, 2.75) is 6.42 Å². The zero-order valence-corrected chi connectivity index (χ0v) is 11.3. The summed E-state index contributed by atoms with van der Waals surface area (Å²) in [4.78, 5) is 24.1. The van der Waals surface area contributed by atoms with Crippen molar-refractivity contribution in [3.63, 3.8) is 0 Å². The maximum absolute atomic E-state index is 12.0. The highest BCUT2D eigenvalue weighted by atomic mass is 32.1. The average Bonchev–Trinajstić information content (AvgIpc) is 2.95. The molecule has 0 radical (unpaired) electrons. The number of thiophene rings is 1. The summed E-state index contributed by atoms with van der Waals surface area (Å²) in [5.74, 6) is -0.239. The molecule has 1 aromatic heterocycles. The van der Waals surface area contributed by atoms with Gasteiger partial charge in [0.25, 0.3) is 5.91 Å². The molecule has 2 amide bonds. The van der Waals surface area contributed by atoms with Crippen LogP contribution in [0.25, 0.3) is 0 Å². The van der Waals surface area contributed by atoms with Gasteiger partial charge in [0.15, 0.2) is 0 Å². The normalized spacial score (nSPS) is 9.95. The highest BCUT2D eigenvalue weighted by molar-refractivity contribution is 7.12. The fraction of sp³-hybridized carbons (Fsp3) is 0.143. The number of para-hydroxylation sites is 1. The number of anilines is 1. The lowest BCUT2D eigenvalue weighted by Crippen LogP contribution is -2.21. The number of amides is 2.